The smallest absolute Gasteiger partial charge is 0.270 e. The van der Waals surface area contributed by atoms with Crippen LogP contribution < -0.4 is 9.64 Å². The average molecular weight is 565 g/mol. The predicted molar refractivity (Wildman–Crippen MR) is 156 cm³/mol. The van der Waals surface area contributed by atoms with Crippen LogP contribution in [0, 0.1) is 29.2 Å². The number of pyridine rings is 1. The van der Waals surface area contributed by atoms with E-state index in [-0.39, 0.29) is 16.8 Å². The Balaban J connectivity index is 0.000000850. The number of fused-ring (bicyclic) bond motifs is 1. The van der Waals surface area contributed by atoms with Crippen molar-refractivity contribution in [2.24, 2.45) is 0 Å². The van der Waals surface area contributed by atoms with Crippen LogP contribution in [-0.4, -0.2) is 30.8 Å². The number of allylic oxidation sites excluding steroid dienone is 5. The second-order valence-electron chi connectivity index (χ2n) is 8.75. The van der Waals surface area contributed by atoms with Gasteiger partial charge in [0.25, 0.3) is 5.70 Å². The van der Waals surface area contributed by atoms with Crippen molar-refractivity contribution in [3.63, 3.8) is 0 Å². The zero-order chi connectivity index (χ0) is 29.8. The predicted octanol–water partition coefficient (Wildman–Crippen LogP) is 6.05. The molecule has 10 heteroatoms. The van der Waals surface area contributed by atoms with Crippen molar-refractivity contribution < 1.29 is 17.7 Å². The van der Waals surface area contributed by atoms with Gasteiger partial charge in [-0.25, -0.2) is 18.5 Å². The van der Waals surface area contributed by atoms with Gasteiger partial charge in [0.2, 0.25) is 5.88 Å². The fraction of sp³-hybridized carbons (Fsp3) is 0.161. The number of unbranched alkanes of at least 4 members (excludes halogenated alkanes) is 1. The highest BCUT2D eigenvalue weighted by Crippen LogP contribution is 2.42. The van der Waals surface area contributed by atoms with Gasteiger partial charge in [0.1, 0.15) is 0 Å². The molecule has 0 saturated heterocycles. The number of ether oxygens (including phenoxy) is 1. The van der Waals surface area contributed by atoms with Crippen LogP contribution in [0.3, 0.4) is 0 Å². The normalized spacial score (nSPS) is 13.9. The van der Waals surface area contributed by atoms with Crippen LogP contribution in [0.2, 0.25) is 0 Å². The van der Waals surface area contributed by atoms with Crippen LogP contribution >= 0.6 is 0 Å². The Hall–Kier alpha value is -5.21. The minimum atomic E-state index is -3.92. The maximum Gasteiger partial charge on any atom is 0.270 e. The molecule has 4 rings (SSSR count). The van der Waals surface area contributed by atoms with Crippen LogP contribution in [0.4, 0.5) is 5.69 Å². The Morgan fingerprint density at radius 1 is 1.12 bits per heavy atom. The van der Waals surface area contributed by atoms with Gasteiger partial charge >= 0.3 is 0 Å². The van der Waals surface area contributed by atoms with E-state index in [9.17, 15) is 10.5 Å². The lowest BCUT2D eigenvalue weighted by Crippen LogP contribution is -2.21. The van der Waals surface area contributed by atoms with Crippen molar-refractivity contribution in [2.45, 2.75) is 19.8 Å². The van der Waals surface area contributed by atoms with E-state index in [1.54, 1.807) is 30.5 Å². The summed E-state index contributed by atoms with van der Waals surface area (Å²) in [4.78, 5) is 9.53. The third kappa shape index (κ3) is 8.39. The van der Waals surface area contributed by atoms with Crippen LogP contribution in [0.5, 0.6) is 5.75 Å². The number of benzene rings is 2. The number of hydrogen-bond acceptors (Lipinski definition) is 8. The Labute approximate surface area is 240 Å². The molecular weight excluding hydrogens is 538 g/mol. The molecule has 0 aliphatic carbocycles. The van der Waals surface area contributed by atoms with Crippen molar-refractivity contribution in [3.8, 4) is 29.0 Å². The third-order valence-corrected chi connectivity index (χ3v) is 5.76. The first-order valence-electron chi connectivity index (χ1n) is 12.5. The van der Waals surface area contributed by atoms with E-state index in [1.807, 2.05) is 36.4 Å². The number of nitriles is 2. The first-order valence-corrected chi connectivity index (χ1v) is 14.3. The standard InChI is InChI=1S/C30H23N5O.CH4O3S/c1-3-4-17-35-27-18-23(22-9-6-5-7-10-22)12-14-28(27)36-29(35)15-13-24(19-31)30(26(20-32)33-2)25-11-8-16-34-21-25;1-5(2,3)4/h5-16,18,21H,3-4,17H2,1H3;1H3,(H,2,3,4)/p-1/b24-13?,29-15?,30-26+;. The van der Waals surface area contributed by atoms with Gasteiger partial charge in [-0.05, 0) is 47.4 Å². The summed E-state index contributed by atoms with van der Waals surface area (Å²) in [7, 11) is -3.92. The molecule has 0 saturated carbocycles. The molecule has 0 amide bonds. The van der Waals surface area contributed by atoms with Gasteiger partial charge in [-0.2, -0.15) is 5.26 Å². The van der Waals surface area contributed by atoms with E-state index in [1.165, 1.54) is 6.20 Å². The zero-order valence-corrected chi connectivity index (χ0v) is 23.3. The number of hydrogen-bond donors (Lipinski definition) is 0. The molecule has 3 aromatic rings. The van der Waals surface area contributed by atoms with E-state index in [0.29, 0.717) is 17.7 Å². The van der Waals surface area contributed by atoms with E-state index in [2.05, 4.69) is 45.9 Å². The second-order valence-corrected chi connectivity index (χ2v) is 10.2. The van der Waals surface area contributed by atoms with Crippen molar-refractivity contribution in [2.75, 3.05) is 17.7 Å². The van der Waals surface area contributed by atoms with Crippen molar-refractivity contribution >= 4 is 21.4 Å². The molecule has 206 valence electrons. The van der Waals surface area contributed by atoms with E-state index in [0.717, 1.165) is 42.0 Å². The topological polar surface area (TPSA) is 134 Å². The molecule has 2 aromatic carbocycles. The molecule has 0 N–H and O–H groups in total. The minimum absolute atomic E-state index is 0.167. The molecule has 0 spiro atoms. The molecule has 0 radical (unpaired) electrons. The number of anilines is 1. The summed E-state index contributed by atoms with van der Waals surface area (Å²) >= 11 is 0. The number of nitrogens with zero attached hydrogens (tertiary/aromatic N) is 5. The van der Waals surface area contributed by atoms with Gasteiger partial charge in [-0.15, -0.1) is 0 Å². The molecule has 9 nitrogen and oxygen atoms in total. The maximum atomic E-state index is 9.95. The van der Waals surface area contributed by atoms with Gasteiger partial charge < -0.3 is 14.2 Å². The van der Waals surface area contributed by atoms with Gasteiger partial charge in [0.05, 0.1) is 40.1 Å². The maximum absolute atomic E-state index is 9.95. The molecular formula is C31H26N5O4S-. The number of rotatable bonds is 7. The molecule has 0 unspecified atom stereocenters. The lowest BCUT2D eigenvalue weighted by atomic mass is 9.97. The molecule has 1 aromatic heterocycles. The Bertz CT molecular complexity index is 1690. The monoisotopic (exact) mass is 564 g/mol. The highest BCUT2D eigenvalue weighted by atomic mass is 32.2. The molecule has 1 aliphatic rings. The Kier molecular flexibility index (Phi) is 10.5. The first kappa shape index (κ1) is 30.3. The van der Waals surface area contributed by atoms with Gasteiger partial charge in [0, 0.05) is 36.8 Å². The van der Waals surface area contributed by atoms with Crippen molar-refractivity contribution in [1.82, 2.24) is 4.98 Å². The summed E-state index contributed by atoms with van der Waals surface area (Å²) < 4.78 is 33.4. The highest BCUT2D eigenvalue weighted by molar-refractivity contribution is 7.84. The molecule has 0 fully saturated rings. The zero-order valence-electron chi connectivity index (χ0n) is 22.5. The quantitative estimate of drug-likeness (QED) is 0.146. The van der Waals surface area contributed by atoms with E-state index >= 15 is 0 Å². The SMILES string of the molecule is CS(=O)(=O)[O-].[C-]#[N+]/C(C#N)=C(\C(C#N)=CC=C1Oc2ccc(-c3ccccc3)cc2N1CCCC)c1cccnc1. The minimum Gasteiger partial charge on any atom is -0.748 e. The van der Waals surface area contributed by atoms with Gasteiger partial charge in [-0.3, -0.25) is 4.98 Å². The molecule has 1 aliphatic heterocycles. The largest absolute Gasteiger partial charge is 0.748 e. The summed E-state index contributed by atoms with van der Waals surface area (Å²) in [6.07, 6.45) is 9.04. The van der Waals surface area contributed by atoms with Gasteiger partial charge in [0.15, 0.2) is 5.75 Å². The van der Waals surface area contributed by atoms with Gasteiger partial charge in [-0.1, -0.05) is 55.8 Å². The molecule has 0 atom stereocenters. The van der Waals surface area contributed by atoms with Crippen LogP contribution in [0.25, 0.3) is 21.5 Å². The van der Waals surface area contributed by atoms with Crippen molar-refractivity contribution in [1.29, 1.82) is 10.5 Å². The average Bonchev–Trinajstić information content (AvgIpc) is 3.32. The molecule has 0 bridgehead atoms. The molecule has 2 heterocycles. The summed E-state index contributed by atoms with van der Waals surface area (Å²) in [6, 6.07) is 23.8. The van der Waals surface area contributed by atoms with Crippen LogP contribution in [0.15, 0.2) is 102 Å². The lowest BCUT2D eigenvalue weighted by Gasteiger charge is -2.18. The third-order valence-electron chi connectivity index (χ3n) is 5.76. The molecule has 41 heavy (non-hydrogen) atoms. The summed E-state index contributed by atoms with van der Waals surface area (Å²) in [6.45, 7) is 10.3. The summed E-state index contributed by atoms with van der Waals surface area (Å²) in [5, 5.41) is 19.5. The van der Waals surface area contributed by atoms with Crippen LogP contribution in [-0.2, 0) is 10.1 Å². The summed E-state index contributed by atoms with van der Waals surface area (Å²) in [5.74, 6) is 1.33. The fourth-order valence-electron chi connectivity index (χ4n) is 3.98. The highest BCUT2D eigenvalue weighted by Gasteiger charge is 2.26. The van der Waals surface area contributed by atoms with E-state index in [4.69, 9.17) is 24.3 Å². The second kappa shape index (κ2) is 14.3. The summed E-state index contributed by atoms with van der Waals surface area (Å²) in [5.41, 5.74) is 3.97. The lowest BCUT2D eigenvalue weighted by molar-refractivity contribution is 0.437. The Morgan fingerprint density at radius 3 is 2.44 bits per heavy atom. The van der Waals surface area contributed by atoms with Crippen molar-refractivity contribution in [3.05, 3.63) is 119 Å². The fourth-order valence-corrected chi connectivity index (χ4v) is 3.98. The Morgan fingerprint density at radius 2 is 1.85 bits per heavy atom. The van der Waals surface area contributed by atoms with Crippen LogP contribution in [0.1, 0.15) is 25.3 Å². The number of aromatic nitrogens is 1. The van der Waals surface area contributed by atoms with E-state index < -0.39 is 10.1 Å². The first-order chi connectivity index (χ1) is 19.7.